The van der Waals surface area contributed by atoms with Gasteiger partial charge < -0.3 is 9.64 Å². The molecule has 0 bridgehead atoms. The van der Waals surface area contributed by atoms with E-state index in [4.69, 9.17) is 4.74 Å². The van der Waals surface area contributed by atoms with Gasteiger partial charge in [0.05, 0.1) is 18.2 Å². The van der Waals surface area contributed by atoms with Crippen LogP contribution in [0, 0.1) is 11.3 Å². The first-order valence-corrected chi connectivity index (χ1v) is 9.23. The van der Waals surface area contributed by atoms with Gasteiger partial charge in [0.1, 0.15) is 0 Å². The third kappa shape index (κ3) is 3.33. The molecule has 0 unspecified atom stereocenters. The SMILES string of the molecule is O=C([C@@H]1CCOC1)N1CCC2(CCN(Cc3ccccn3)CC2)C1. The number of hydrogen-bond donors (Lipinski definition) is 0. The lowest BCUT2D eigenvalue weighted by molar-refractivity contribution is -0.135. The number of aromatic nitrogens is 1. The van der Waals surface area contributed by atoms with Crippen molar-refractivity contribution in [3.63, 3.8) is 0 Å². The van der Waals surface area contributed by atoms with E-state index in [0.29, 0.717) is 17.9 Å². The normalized spacial score (nSPS) is 27.0. The smallest absolute Gasteiger partial charge is 0.228 e. The lowest BCUT2D eigenvalue weighted by Gasteiger charge is -2.39. The van der Waals surface area contributed by atoms with Crippen molar-refractivity contribution in [1.29, 1.82) is 0 Å². The van der Waals surface area contributed by atoms with Crippen LogP contribution in [-0.2, 0) is 16.1 Å². The van der Waals surface area contributed by atoms with E-state index in [1.54, 1.807) is 0 Å². The summed E-state index contributed by atoms with van der Waals surface area (Å²) >= 11 is 0. The number of carbonyl (C=O) groups excluding carboxylic acids is 1. The molecule has 3 fully saturated rings. The Balaban J connectivity index is 1.30. The lowest BCUT2D eigenvalue weighted by Crippen LogP contribution is -2.42. The highest BCUT2D eigenvalue weighted by atomic mass is 16.5. The monoisotopic (exact) mass is 329 g/mol. The summed E-state index contributed by atoms with van der Waals surface area (Å²) in [5.74, 6) is 0.449. The van der Waals surface area contributed by atoms with Gasteiger partial charge in [-0.05, 0) is 56.3 Å². The van der Waals surface area contributed by atoms with Crippen LogP contribution in [0.1, 0.15) is 31.4 Å². The molecule has 1 spiro atoms. The average Bonchev–Trinajstić information content (AvgIpc) is 3.28. The number of rotatable bonds is 3. The van der Waals surface area contributed by atoms with E-state index < -0.39 is 0 Å². The highest BCUT2D eigenvalue weighted by Gasteiger charge is 2.43. The first kappa shape index (κ1) is 16.0. The van der Waals surface area contributed by atoms with Crippen LogP contribution in [0.2, 0.25) is 0 Å². The molecule has 0 aliphatic carbocycles. The predicted molar refractivity (Wildman–Crippen MR) is 91.3 cm³/mol. The van der Waals surface area contributed by atoms with E-state index in [-0.39, 0.29) is 5.92 Å². The van der Waals surface area contributed by atoms with Crippen LogP contribution in [-0.4, -0.2) is 60.1 Å². The topological polar surface area (TPSA) is 45.7 Å². The van der Waals surface area contributed by atoms with Gasteiger partial charge in [-0.2, -0.15) is 0 Å². The Labute approximate surface area is 144 Å². The minimum atomic E-state index is 0.115. The quantitative estimate of drug-likeness (QED) is 0.850. The molecule has 0 aromatic carbocycles. The molecule has 4 heterocycles. The van der Waals surface area contributed by atoms with Crippen molar-refractivity contribution in [2.45, 2.75) is 32.2 Å². The van der Waals surface area contributed by atoms with Gasteiger partial charge in [0.2, 0.25) is 5.91 Å². The summed E-state index contributed by atoms with van der Waals surface area (Å²) in [6.07, 6.45) is 6.34. The van der Waals surface area contributed by atoms with Gasteiger partial charge in [-0.15, -0.1) is 0 Å². The molecule has 1 amide bonds. The number of carbonyl (C=O) groups is 1. The fraction of sp³-hybridized carbons (Fsp3) is 0.684. The van der Waals surface area contributed by atoms with E-state index in [9.17, 15) is 4.79 Å². The molecule has 3 aliphatic heterocycles. The first-order valence-electron chi connectivity index (χ1n) is 9.23. The lowest BCUT2D eigenvalue weighted by atomic mass is 9.77. The third-order valence-electron chi connectivity index (χ3n) is 6.06. The Morgan fingerprint density at radius 1 is 1.25 bits per heavy atom. The van der Waals surface area contributed by atoms with E-state index in [1.165, 1.54) is 19.3 Å². The van der Waals surface area contributed by atoms with Crippen molar-refractivity contribution >= 4 is 5.91 Å². The second-order valence-electron chi connectivity index (χ2n) is 7.67. The summed E-state index contributed by atoms with van der Waals surface area (Å²) in [5.41, 5.74) is 1.51. The molecule has 5 heteroatoms. The van der Waals surface area contributed by atoms with Gasteiger partial charge in [0, 0.05) is 32.4 Å². The molecule has 1 aromatic heterocycles. The Morgan fingerprint density at radius 2 is 2.08 bits per heavy atom. The van der Waals surface area contributed by atoms with Crippen LogP contribution in [0.3, 0.4) is 0 Å². The van der Waals surface area contributed by atoms with Crippen LogP contribution in [0.5, 0.6) is 0 Å². The van der Waals surface area contributed by atoms with Crippen LogP contribution in [0.25, 0.3) is 0 Å². The Bertz CT molecular complexity index is 563. The first-order chi connectivity index (χ1) is 11.7. The van der Waals surface area contributed by atoms with Gasteiger partial charge in [-0.25, -0.2) is 0 Å². The summed E-state index contributed by atoms with van der Waals surface area (Å²) in [5, 5.41) is 0. The zero-order valence-electron chi connectivity index (χ0n) is 14.3. The number of piperidine rings is 1. The van der Waals surface area contributed by atoms with Crippen molar-refractivity contribution in [1.82, 2.24) is 14.8 Å². The van der Waals surface area contributed by atoms with Crippen molar-refractivity contribution in [3.8, 4) is 0 Å². The molecule has 3 saturated heterocycles. The molecule has 1 aromatic rings. The van der Waals surface area contributed by atoms with E-state index >= 15 is 0 Å². The molecule has 4 rings (SSSR count). The van der Waals surface area contributed by atoms with Crippen molar-refractivity contribution in [2.24, 2.45) is 11.3 Å². The molecule has 0 saturated carbocycles. The molecule has 1 atom stereocenters. The number of nitrogens with zero attached hydrogens (tertiary/aromatic N) is 3. The molecule has 130 valence electrons. The van der Waals surface area contributed by atoms with Crippen LogP contribution in [0.4, 0.5) is 0 Å². The minimum absolute atomic E-state index is 0.115. The molecule has 3 aliphatic rings. The molecule has 24 heavy (non-hydrogen) atoms. The maximum Gasteiger partial charge on any atom is 0.228 e. The van der Waals surface area contributed by atoms with Crippen molar-refractivity contribution < 1.29 is 9.53 Å². The van der Waals surface area contributed by atoms with Crippen LogP contribution in [0.15, 0.2) is 24.4 Å². The number of amides is 1. The minimum Gasteiger partial charge on any atom is -0.381 e. The fourth-order valence-corrected chi connectivity index (χ4v) is 4.43. The van der Waals surface area contributed by atoms with Crippen molar-refractivity contribution in [2.75, 3.05) is 39.4 Å². The van der Waals surface area contributed by atoms with Crippen LogP contribution >= 0.6 is 0 Å². The molecule has 5 nitrogen and oxygen atoms in total. The zero-order valence-corrected chi connectivity index (χ0v) is 14.3. The summed E-state index contributed by atoms with van der Waals surface area (Å²) in [6, 6.07) is 6.12. The molecular weight excluding hydrogens is 302 g/mol. The number of ether oxygens (including phenoxy) is 1. The zero-order chi connectivity index (χ0) is 16.4. The summed E-state index contributed by atoms with van der Waals surface area (Å²) in [6.45, 7) is 6.45. The molecule has 0 radical (unpaired) electrons. The van der Waals surface area contributed by atoms with Gasteiger partial charge >= 0.3 is 0 Å². The van der Waals surface area contributed by atoms with Gasteiger partial charge in [-0.1, -0.05) is 6.07 Å². The largest absolute Gasteiger partial charge is 0.381 e. The molecule has 0 N–H and O–H groups in total. The third-order valence-corrected chi connectivity index (χ3v) is 6.06. The second kappa shape index (κ2) is 6.81. The Hall–Kier alpha value is -1.46. The van der Waals surface area contributed by atoms with E-state index in [1.807, 2.05) is 12.3 Å². The number of pyridine rings is 1. The van der Waals surface area contributed by atoms with Gasteiger partial charge in [0.25, 0.3) is 0 Å². The number of hydrogen-bond acceptors (Lipinski definition) is 4. The fourth-order valence-electron chi connectivity index (χ4n) is 4.43. The Kier molecular flexibility index (Phi) is 4.55. The standard InChI is InChI=1S/C19H27N3O2/c23-18(16-4-12-24-14-16)22-11-7-19(15-22)5-9-21(10-6-19)13-17-3-1-2-8-20-17/h1-3,8,16H,4-7,9-15H2/t16-/m1/s1. The maximum absolute atomic E-state index is 12.6. The maximum atomic E-state index is 12.6. The Morgan fingerprint density at radius 3 is 2.79 bits per heavy atom. The second-order valence-corrected chi connectivity index (χ2v) is 7.67. The van der Waals surface area contributed by atoms with E-state index in [0.717, 1.165) is 51.4 Å². The number of likely N-dealkylation sites (tertiary alicyclic amines) is 2. The average molecular weight is 329 g/mol. The summed E-state index contributed by atoms with van der Waals surface area (Å²) in [4.78, 5) is 21.7. The van der Waals surface area contributed by atoms with Crippen LogP contribution < -0.4 is 0 Å². The highest BCUT2D eigenvalue weighted by Crippen LogP contribution is 2.41. The summed E-state index contributed by atoms with van der Waals surface area (Å²) < 4.78 is 5.39. The van der Waals surface area contributed by atoms with Gasteiger partial charge in [0.15, 0.2) is 0 Å². The summed E-state index contributed by atoms with van der Waals surface area (Å²) in [7, 11) is 0. The highest BCUT2D eigenvalue weighted by molar-refractivity contribution is 5.79. The van der Waals surface area contributed by atoms with Crippen molar-refractivity contribution in [3.05, 3.63) is 30.1 Å². The van der Waals surface area contributed by atoms with E-state index in [2.05, 4.69) is 26.9 Å². The molecular formula is C19H27N3O2. The predicted octanol–water partition coefficient (Wildman–Crippen LogP) is 1.93. The van der Waals surface area contributed by atoms with Gasteiger partial charge in [-0.3, -0.25) is 14.7 Å².